The number of benzene rings is 1. The van der Waals surface area contributed by atoms with Gasteiger partial charge in [0.05, 0.1) is 12.7 Å². The number of methoxy groups -OCH3 is 1. The van der Waals surface area contributed by atoms with Crippen molar-refractivity contribution in [2.75, 3.05) is 7.11 Å². The summed E-state index contributed by atoms with van der Waals surface area (Å²) in [5.74, 6) is -1.19. The fourth-order valence-electron chi connectivity index (χ4n) is 2.61. The van der Waals surface area contributed by atoms with Gasteiger partial charge in [0, 0.05) is 17.2 Å². The van der Waals surface area contributed by atoms with Crippen LogP contribution in [0.25, 0.3) is 0 Å². The molecule has 1 atom stereocenters. The molecule has 3 rings (SSSR count). The Kier molecular flexibility index (Phi) is 4.00. The summed E-state index contributed by atoms with van der Waals surface area (Å²) in [6.45, 7) is 0. The highest BCUT2D eigenvalue weighted by atomic mass is 35.5. The van der Waals surface area contributed by atoms with Crippen molar-refractivity contribution >= 4 is 23.2 Å². The van der Waals surface area contributed by atoms with Gasteiger partial charge in [-0.3, -0.25) is 4.79 Å². The molecule has 1 aromatic carbocycles. The van der Waals surface area contributed by atoms with Gasteiger partial charge in [0.15, 0.2) is 0 Å². The summed E-state index contributed by atoms with van der Waals surface area (Å²) in [5.41, 5.74) is -3.38. The molecule has 5 nitrogen and oxygen atoms in total. The number of alkyl halides is 3. The third-order valence-electron chi connectivity index (χ3n) is 4.09. The molecule has 0 bridgehead atoms. The number of aliphatic hydroxyl groups is 1. The Morgan fingerprint density at radius 3 is 2.67 bits per heavy atom. The summed E-state index contributed by atoms with van der Waals surface area (Å²) in [4.78, 5) is 12.6. The Balaban J connectivity index is 2.04. The molecule has 1 fully saturated rings. The Hall–Kier alpha value is -1.80. The van der Waals surface area contributed by atoms with Crippen LogP contribution in [0.4, 0.5) is 13.2 Å². The molecule has 24 heavy (non-hydrogen) atoms. The SMILES string of the molecule is COc1ccc(Cl)cc1C(=O)N1N=C(C2CC2)C[C@]1(O)C(F)(F)F. The predicted molar refractivity (Wildman–Crippen MR) is 80.0 cm³/mol. The first-order valence-electron chi connectivity index (χ1n) is 7.22. The molecule has 130 valence electrons. The lowest BCUT2D eigenvalue weighted by molar-refractivity contribution is -0.297. The second kappa shape index (κ2) is 5.63. The second-order valence-electron chi connectivity index (χ2n) is 5.82. The number of carbonyl (C=O) groups is 1. The van der Waals surface area contributed by atoms with E-state index in [0.29, 0.717) is 12.8 Å². The lowest BCUT2D eigenvalue weighted by atomic mass is 10.0. The van der Waals surface area contributed by atoms with Crippen LogP contribution < -0.4 is 4.74 Å². The fourth-order valence-corrected chi connectivity index (χ4v) is 2.78. The van der Waals surface area contributed by atoms with Gasteiger partial charge in [-0.1, -0.05) is 11.6 Å². The van der Waals surface area contributed by atoms with E-state index in [2.05, 4.69) is 5.10 Å². The van der Waals surface area contributed by atoms with Crippen LogP contribution in [0.5, 0.6) is 5.75 Å². The average Bonchev–Trinajstić information content (AvgIpc) is 3.29. The van der Waals surface area contributed by atoms with Gasteiger partial charge in [0.25, 0.3) is 11.6 Å². The van der Waals surface area contributed by atoms with E-state index in [1.807, 2.05) is 0 Å². The topological polar surface area (TPSA) is 62.1 Å². The molecule has 0 saturated heterocycles. The van der Waals surface area contributed by atoms with E-state index < -0.39 is 24.2 Å². The van der Waals surface area contributed by atoms with Gasteiger partial charge < -0.3 is 9.84 Å². The van der Waals surface area contributed by atoms with Crippen LogP contribution in [-0.4, -0.2) is 40.7 Å². The van der Waals surface area contributed by atoms with E-state index >= 15 is 0 Å². The van der Waals surface area contributed by atoms with Gasteiger partial charge in [-0.15, -0.1) is 0 Å². The smallest absolute Gasteiger partial charge is 0.438 e. The Morgan fingerprint density at radius 2 is 2.12 bits per heavy atom. The van der Waals surface area contributed by atoms with Crippen molar-refractivity contribution in [3.63, 3.8) is 0 Å². The number of hydrogen-bond acceptors (Lipinski definition) is 4. The number of hydrogen-bond donors (Lipinski definition) is 1. The first-order valence-corrected chi connectivity index (χ1v) is 7.60. The molecule has 1 heterocycles. The maximum Gasteiger partial charge on any atom is 0.438 e. The van der Waals surface area contributed by atoms with Crippen LogP contribution in [0.15, 0.2) is 23.3 Å². The highest BCUT2D eigenvalue weighted by molar-refractivity contribution is 6.31. The van der Waals surface area contributed by atoms with Crippen LogP contribution >= 0.6 is 11.6 Å². The number of rotatable bonds is 3. The molecule has 1 aliphatic carbocycles. The van der Waals surface area contributed by atoms with Crippen LogP contribution in [0, 0.1) is 5.92 Å². The monoisotopic (exact) mass is 362 g/mol. The molecule has 0 unspecified atom stereocenters. The van der Waals surface area contributed by atoms with Gasteiger partial charge in [-0.25, -0.2) is 0 Å². The number of ether oxygens (including phenoxy) is 1. The van der Waals surface area contributed by atoms with Crippen molar-refractivity contribution in [2.45, 2.75) is 31.2 Å². The zero-order valence-electron chi connectivity index (χ0n) is 12.6. The minimum absolute atomic E-state index is 0.0454. The zero-order chi connectivity index (χ0) is 17.7. The van der Waals surface area contributed by atoms with Crippen molar-refractivity contribution in [1.82, 2.24) is 5.01 Å². The van der Waals surface area contributed by atoms with E-state index in [1.165, 1.54) is 25.3 Å². The minimum atomic E-state index is -5.05. The lowest BCUT2D eigenvalue weighted by Gasteiger charge is -2.32. The molecule has 1 aromatic rings. The highest BCUT2D eigenvalue weighted by Gasteiger charge is 2.64. The van der Waals surface area contributed by atoms with Crippen molar-refractivity contribution in [2.24, 2.45) is 11.0 Å². The number of nitrogens with zero attached hydrogens (tertiary/aromatic N) is 2. The van der Waals surface area contributed by atoms with E-state index in [9.17, 15) is 23.1 Å². The van der Waals surface area contributed by atoms with E-state index in [0.717, 1.165) is 0 Å². The van der Waals surface area contributed by atoms with Crippen LogP contribution in [0.1, 0.15) is 29.6 Å². The Labute approximate surface area is 140 Å². The first kappa shape index (κ1) is 17.0. The molecule has 0 aromatic heterocycles. The highest BCUT2D eigenvalue weighted by Crippen LogP contribution is 2.46. The summed E-state index contributed by atoms with van der Waals surface area (Å²) >= 11 is 5.83. The van der Waals surface area contributed by atoms with Gasteiger partial charge in [0.1, 0.15) is 5.75 Å². The molecule has 0 radical (unpaired) electrons. The molecular formula is C15H14ClF3N2O3. The molecule has 2 aliphatic rings. The number of halogens is 4. The van der Waals surface area contributed by atoms with Crippen LogP contribution in [0.2, 0.25) is 5.02 Å². The number of carbonyl (C=O) groups excluding carboxylic acids is 1. The Bertz CT molecular complexity index is 718. The third kappa shape index (κ3) is 2.73. The third-order valence-corrected chi connectivity index (χ3v) is 4.33. The molecule has 1 N–H and O–H groups in total. The molecule has 1 saturated carbocycles. The maximum atomic E-state index is 13.4. The summed E-state index contributed by atoms with van der Waals surface area (Å²) in [7, 11) is 1.28. The lowest BCUT2D eigenvalue weighted by Crippen LogP contribution is -2.56. The fraction of sp³-hybridized carbons (Fsp3) is 0.467. The Morgan fingerprint density at radius 1 is 1.46 bits per heavy atom. The van der Waals surface area contributed by atoms with Crippen molar-refractivity contribution in [3.8, 4) is 5.75 Å². The maximum absolute atomic E-state index is 13.4. The molecule has 1 aliphatic heterocycles. The summed E-state index contributed by atoms with van der Waals surface area (Å²) in [5, 5.41) is 14.2. The second-order valence-corrected chi connectivity index (χ2v) is 6.25. The van der Waals surface area contributed by atoms with Gasteiger partial charge in [-0.2, -0.15) is 23.3 Å². The van der Waals surface area contributed by atoms with Crippen molar-refractivity contribution in [3.05, 3.63) is 28.8 Å². The van der Waals surface area contributed by atoms with E-state index in [1.54, 1.807) is 0 Å². The van der Waals surface area contributed by atoms with E-state index in [-0.39, 0.29) is 33.0 Å². The van der Waals surface area contributed by atoms with Gasteiger partial charge >= 0.3 is 6.18 Å². The molecule has 0 spiro atoms. The van der Waals surface area contributed by atoms with Crippen LogP contribution in [0.3, 0.4) is 0 Å². The molecule has 1 amide bonds. The standard InChI is InChI=1S/C15H14ClF3N2O3/c1-24-12-5-4-9(16)6-10(12)13(22)21-14(23,15(17,18)19)7-11(20-21)8-2-3-8/h4-6,8,23H,2-3,7H2,1H3/t14-/m0/s1. The zero-order valence-corrected chi connectivity index (χ0v) is 13.4. The molecule has 9 heteroatoms. The van der Waals surface area contributed by atoms with Crippen molar-refractivity contribution in [1.29, 1.82) is 0 Å². The van der Waals surface area contributed by atoms with Crippen molar-refractivity contribution < 1.29 is 27.8 Å². The molecular weight excluding hydrogens is 349 g/mol. The van der Waals surface area contributed by atoms with E-state index in [4.69, 9.17) is 16.3 Å². The quantitative estimate of drug-likeness (QED) is 0.898. The van der Waals surface area contributed by atoms with Gasteiger partial charge in [-0.05, 0) is 37.0 Å². The normalized spacial score (nSPS) is 24.1. The van der Waals surface area contributed by atoms with Crippen LogP contribution in [-0.2, 0) is 0 Å². The largest absolute Gasteiger partial charge is 0.496 e. The average molecular weight is 363 g/mol. The predicted octanol–water partition coefficient (Wildman–Crippen LogP) is 3.21. The number of hydrazone groups is 1. The first-order chi connectivity index (χ1) is 11.2. The number of amides is 1. The minimum Gasteiger partial charge on any atom is -0.496 e. The summed E-state index contributed by atoms with van der Waals surface area (Å²) < 4.78 is 45.3. The van der Waals surface area contributed by atoms with Gasteiger partial charge in [0.2, 0.25) is 0 Å². The summed E-state index contributed by atoms with van der Waals surface area (Å²) in [6.07, 6.45) is -4.38. The summed E-state index contributed by atoms with van der Waals surface area (Å²) in [6, 6.07) is 3.99.